The van der Waals surface area contributed by atoms with Crippen molar-refractivity contribution in [3.8, 4) is 0 Å². The molecule has 6 heteroatoms. The molecule has 0 bridgehead atoms. The van der Waals surface area contributed by atoms with Gasteiger partial charge in [0.25, 0.3) is 0 Å². The first kappa shape index (κ1) is 10.3. The summed E-state index contributed by atoms with van der Waals surface area (Å²) in [7, 11) is 0. The van der Waals surface area contributed by atoms with Crippen LogP contribution in [0.25, 0.3) is 0 Å². The molecule has 0 saturated carbocycles. The number of aliphatic hydroxyl groups excluding tert-OH is 1. The minimum absolute atomic E-state index is 0.142. The fourth-order valence-electron chi connectivity index (χ4n) is 1.73. The molecule has 2 N–H and O–H groups in total. The van der Waals surface area contributed by atoms with E-state index in [-0.39, 0.29) is 18.8 Å². The Morgan fingerprint density at radius 2 is 2.21 bits per heavy atom. The molecule has 0 amide bonds. The van der Waals surface area contributed by atoms with E-state index < -0.39 is 11.9 Å². The third kappa shape index (κ3) is 1.90. The third-order valence-electron chi connectivity index (χ3n) is 2.27. The summed E-state index contributed by atoms with van der Waals surface area (Å²) in [5.41, 5.74) is 2.28. The Morgan fingerprint density at radius 3 is 2.93 bits per heavy atom. The van der Waals surface area contributed by atoms with Crippen LogP contribution in [0.5, 0.6) is 0 Å². The van der Waals surface area contributed by atoms with Gasteiger partial charge in [0.2, 0.25) is 0 Å². The number of rotatable bonds is 1. The molecular weight excluding hydrogens is 190 g/mol. The van der Waals surface area contributed by atoms with Crippen molar-refractivity contribution < 1.29 is 24.3 Å². The van der Waals surface area contributed by atoms with Crippen LogP contribution in [-0.4, -0.2) is 42.4 Å². The highest BCUT2D eigenvalue weighted by Crippen LogP contribution is 2.31. The van der Waals surface area contributed by atoms with Crippen LogP contribution in [0.4, 0.5) is 0 Å². The minimum atomic E-state index is -0.646. The van der Waals surface area contributed by atoms with Crippen LogP contribution in [0.2, 0.25) is 0 Å². The van der Waals surface area contributed by atoms with Crippen molar-refractivity contribution >= 4 is 0 Å². The molecule has 3 atom stereocenters. The number of hydrogen-bond donors (Lipinski definition) is 2. The van der Waals surface area contributed by atoms with Gasteiger partial charge in [-0.2, -0.15) is 0 Å². The van der Waals surface area contributed by atoms with Crippen molar-refractivity contribution in [3.05, 3.63) is 0 Å². The highest BCUT2D eigenvalue weighted by atomic mass is 16.9. The fourth-order valence-corrected chi connectivity index (χ4v) is 1.73. The Hall–Kier alpha value is -0.240. The van der Waals surface area contributed by atoms with Gasteiger partial charge < -0.3 is 14.6 Å². The van der Waals surface area contributed by atoms with Gasteiger partial charge in [0.15, 0.2) is 5.79 Å². The van der Waals surface area contributed by atoms with Crippen molar-refractivity contribution in [1.82, 2.24) is 5.64 Å². The average molecular weight is 205 g/mol. The minimum Gasteiger partial charge on any atom is -0.393 e. The number of fused-ring (bicyclic) bond motifs is 1. The van der Waals surface area contributed by atoms with E-state index in [4.69, 9.17) is 24.3 Å². The Kier molecular flexibility index (Phi) is 2.74. The smallest absolute Gasteiger partial charge is 0.164 e. The molecule has 0 aromatic heterocycles. The molecule has 0 unspecified atom stereocenters. The molecule has 82 valence electrons. The van der Waals surface area contributed by atoms with Crippen LogP contribution >= 0.6 is 0 Å². The molecule has 0 radical (unpaired) electrons. The largest absolute Gasteiger partial charge is 0.393 e. The van der Waals surface area contributed by atoms with E-state index in [0.717, 1.165) is 0 Å². The second-order valence-corrected chi connectivity index (χ2v) is 3.87. The average Bonchev–Trinajstić information content (AvgIpc) is 2.29. The van der Waals surface area contributed by atoms with Gasteiger partial charge in [0.1, 0.15) is 18.3 Å². The molecular formula is C8H15NO5. The molecule has 0 spiro atoms. The van der Waals surface area contributed by atoms with Crippen LogP contribution in [0.3, 0.4) is 0 Å². The predicted octanol–water partition coefficient (Wildman–Crippen LogP) is -0.666. The summed E-state index contributed by atoms with van der Waals surface area (Å²) in [6.45, 7) is 3.84. The van der Waals surface area contributed by atoms with Crippen molar-refractivity contribution in [2.75, 3.05) is 13.2 Å². The van der Waals surface area contributed by atoms with Crippen LogP contribution < -0.4 is 5.64 Å². The Labute approximate surface area is 82.0 Å². The lowest BCUT2D eigenvalue weighted by molar-refractivity contribution is -0.233. The van der Waals surface area contributed by atoms with E-state index in [0.29, 0.717) is 6.61 Å². The monoisotopic (exact) mass is 205 g/mol. The molecule has 0 aliphatic carbocycles. The Balaban J connectivity index is 2.10. The van der Waals surface area contributed by atoms with E-state index in [1.807, 2.05) is 13.8 Å². The maximum atomic E-state index is 9.08. The van der Waals surface area contributed by atoms with E-state index in [1.165, 1.54) is 0 Å². The molecule has 2 heterocycles. The summed E-state index contributed by atoms with van der Waals surface area (Å²) >= 11 is 0. The normalized spacial score (nSPS) is 41.8. The molecule has 14 heavy (non-hydrogen) atoms. The lowest BCUT2D eigenvalue weighted by Gasteiger charge is -2.21. The number of nitrogens with one attached hydrogen (secondary N) is 1. The number of ether oxygens (including phenoxy) is 2. The fraction of sp³-hybridized carbons (Fsp3) is 1.00. The first-order valence-corrected chi connectivity index (χ1v) is 4.61. The van der Waals surface area contributed by atoms with Gasteiger partial charge in [-0.15, -0.1) is 0 Å². The van der Waals surface area contributed by atoms with Crippen LogP contribution in [0.15, 0.2) is 0 Å². The van der Waals surface area contributed by atoms with E-state index in [2.05, 4.69) is 5.64 Å². The molecule has 2 fully saturated rings. The number of aliphatic hydroxyl groups is 1. The third-order valence-corrected chi connectivity index (χ3v) is 2.27. The van der Waals surface area contributed by atoms with Crippen molar-refractivity contribution in [3.63, 3.8) is 0 Å². The van der Waals surface area contributed by atoms with E-state index in [9.17, 15) is 0 Å². The molecule has 2 rings (SSSR count). The number of hydrogen-bond acceptors (Lipinski definition) is 6. The summed E-state index contributed by atoms with van der Waals surface area (Å²) in [5, 5.41) is 9.08. The second-order valence-electron chi connectivity index (χ2n) is 3.87. The SMILES string of the molecule is CC1(C)O[C@H]2[C@H](CONO[C@@H]2CO)O1. The topological polar surface area (TPSA) is 69.2 Å². The van der Waals surface area contributed by atoms with Crippen molar-refractivity contribution in [2.45, 2.75) is 37.9 Å². The molecule has 2 aliphatic rings. The zero-order valence-corrected chi connectivity index (χ0v) is 8.23. The zero-order valence-electron chi connectivity index (χ0n) is 8.23. The van der Waals surface area contributed by atoms with Gasteiger partial charge in [-0.3, -0.25) is 9.68 Å². The van der Waals surface area contributed by atoms with Crippen molar-refractivity contribution in [2.24, 2.45) is 0 Å². The summed E-state index contributed by atoms with van der Waals surface area (Å²) < 4.78 is 11.2. The summed E-state index contributed by atoms with van der Waals surface area (Å²) in [4.78, 5) is 9.98. The van der Waals surface area contributed by atoms with Gasteiger partial charge in [0.05, 0.1) is 13.2 Å². The Bertz CT molecular complexity index is 210. The van der Waals surface area contributed by atoms with Crippen molar-refractivity contribution in [1.29, 1.82) is 0 Å². The van der Waals surface area contributed by atoms with Gasteiger partial charge in [0, 0.05) is 0 Å². The van der Waals surface area contributed by atoms with E-state index in [1.54, 1.807) is 0 Å². The molecule has 2 aliphatic heterocycles. The second kappa shape index (κ2) is 3.73. The summed E-state index contributed by atoms with van der Waals surface area (Å²) in [5.74, 6) is -0.646. The quantitative estimate of drug-likeness (QED) is 0.592. The zero-order chi connectivity index (χ0) is 10.2. The van der Waals surface area contributed by atoms with Gasteiger partial charge >= 0.3 is 0 Å². The lowest BCUT2D eigenvalue weighted by atomic mass is 10.1. The lowest BCUT2D eigenvalue weighted by Crippen LogP contribution is -2.39. The highest BCUT2D eigenvalue weighted by Gasteiger charge is 2.47. The van der Waals surface area contributed by atoms with Gasteiger partial charge in [-0.25, -0.2) is 0 Å². The molecule has 6 nitrogen and oxygen atoms in total. The highest BCUT2D eigenvalue weighted by molar-refractivity contribution is 4.87. The molecule has 0 aromatic rings. The first-order chi connectivity index (χ1) is 6.62. The Morgan fingerprint density at radius 1 is 1.43 bits per heavy atom. The predicted molar refractivity (Wildman–Crippen MR) is 44.9 cm³/mol. The van der Waals surface area contributed by atoms with Crippen LogP contribution in [0, 0.1) is 0 Å². The molecule has 0 aromatic carbocycles. The summed E-state index contributed by atoms with van der Waals surface area (Å²) in [6.07, 6.45) is -0.980. The van der Waals surface area contributed by atoms with Crippen LogP contribution in [0.1, 0.15) is 13.8 Å². The van der Waals surface area contributed by atoms with Gasteiger partial charge in [-0.1, -0.05) is 5.64 Å². The molecule has 2 saturated heterocycles. The summed E-state index contributed by atoms with van der Waals surface area (Å²) in [6, 6.07) is 0. The van der Waals surface area contributed by atoms with E-state index >= 15 is 0 Å². The maximum Gasteiger partial charge on any atom is 0.164 e. The first-order valence-electron chi connectivity index (χ1n) is 4.61. The standard InChI is InChI=1S/C8H15NO5/c1-8(2)12-6-4-11-9-14-5(3-10)7(6)13-8/h5-7,9-10H,3-4H2,1-2H3/t5-,6+,7-/m1/s1. The maximum absolute atomic E-state index is 9.08. The van der Waals surface area contributed by atoms with Crippen LogP contribution in [-0.2, 0) is 19.1 Å². The van der Waals surface area contributed by atoms with Gasteiger partial charge in [-0.05, 0) is 13.8 Å².